The minimum absolute atomic E-state index is 0.0729. The lowest BCUT2D eigenvalue weighted by molar-refractivity contribution is -0.139. The van der Waals surface area contributed by atoms with Crippen molar-refractivity contribution in [3.05, 3.63) is 59.7 Å². The molecule has 0 saturated carbocycles. The van der Waals surface area contributed by atoms with Gasteiger partial charge in [-0.05, 0) is 36.1 Å². The summed E-state index contributed by atoms with van der Waals surface area (Å²) in [7, 11) is 0. The molecule has 1 N–H and O–H groups in total. The molecule has 4 rings (SSSR count). The molecule has 24 heavy (non-hydrogen) atoms. The van der Waals surface area contributed by atoms with Crippen molar-refractivity contribution in [2.75, 3.05) is 22.9 Å². The van der Waals surface area contributed by atoms with Crippen LogP contribution in [0.3, 0.4) is 0 Å². The van der Waals surface area contributed by atoms with Gasteiger partial charge in [0, 0.05) is 24.5 Å². The number of hydrogen-bond donors (Lipinski definition) is 1. The van der Waals surface area contributed by atoms with Crippen molar-refractivity contribution in [3.8, 4) is 0 Å². The van der Waals surface area contributed by atoms with Crippen LogP contribution >= 0.6 is 0 Å². The first-order chi connectivity index (χ1) is 11.7. The second kappa shape index (κ2) is 5.67. The molecule has 0 bridgehead atoms. The fourth-order valence-electron chi connectivity index (χ4n) is 3.70. The number of anilines is 2. The van der Waals surface area contributed by atoms with Gasteiger partial charge < -0.3 is 5.11 Å². The number of urea groups is 1. The Morgan fingerprint density at radius 2 is 1.58 bits per heavy atom. The van der Waals surface area contributed by atoms with Crippen molar-refractivity contribution in [2.24, 2.45) is 0 Å². The van der Waals surface area contributed by atoms with Crippen LogP contribution in [0.5, 0.6) is 0 Å². The number of nitrogens with zero attached hydrogens (tertiary/aromatic N) is 2. The molecule has 2 aliphatic rings. The van der Waals surface area contributed by atoms with Crippen LogP contribution < -0.4 is 9.80 Å². The number of aliphatic carboxylic acids is 1. The molecule has 2 aromatic carbocycles. The van der Waals surface area contributed by atoms with E-state index in [0.29, 0.717) is 25.2 Å². The predicted octanol–water partition coefficient (Wildman–Crippen LogP) is 3.25. The second-order valence-electron chi connectivity index (χ2n) is 6.20. The van der Waals surface area contributed by atoms with Crippen LogP contribution in [0.15, 0.2) is 48.5 Å². The molecule has 122 valence electrons. The summed E-state index contributed by atoms with van der Waals surface area (Å²) in [5, 5.41) is 9.44. The Labute approximate surface area is 140 Å². The summed E-state index contributed by atoms with van der Waals surface area (Å²) in [5.41, 5.74) is 3.57. The smallest absolute Gasteiger partial charge is 0.328 e. The van der Waals surface area contributed by atoms with Crippen molar-refractivity contribution in [1.82, 2.24) is 0 Å². The van der Waals surface area contributed by atoms with Gasteiger partial charge in [-0.3, -0.25) is 14.6 Å². The highest BCUT2D eigenvalue weighted by Crippen LogP contribution is 2.37. The molecule has 5 nitrogen and oxygen atoms in total. The molecule has 0 radical (unpaired) electrons. The van der Waals surface area contributed by atoms with Crippen molar-refractivity contribution in [3.63, 3.8) is 0 Å². The lowest BCUT2D eigenvalue weighted by atomic mass is 9.90. The summed E-state index contributed by atoms with van der Waals surface area (Å²) in [6.45, 7) is 1.09. The minimum atomic E-state index is -0.832. The van der Waals surface area contributed by atoms with Gasteiger partial charge in [0.25, 0.3) is 0 Å². The lowest BCUT2D eigenvalue weighted by Gasteiger charge is -2.35. The average Bonchev–Trinajstić information content (AvgIpc) is 3.04. The van der Waals surface area contributed by atoms with Crippen molar-refractivity contribution < 1.29 is 14.7 Å². The first-order valence-corrected chi connectivity index (χ1v) is 8.15. The van der Waals surface area contributed by atoms with Crippen LogP contribution in [-0.2, 0) is 11.2 Å². The molecule has 1 atom stereocenters. The maximum atomic E-state index is 13.1. The highest BCUT2D eigenvalue weighted by atomic mass is 16.4. The topological polar surface area (TPSA) is 60.9 Å². The second-order valence-corrected chi connectivity index (χ2v) is 6.20. The van der Waals surface area contributed by atoms with Gasteiger partial charge in [-0.1, -0.05) is 36.4 Å². The Bertz CT molecular complexity index is 818. The van der Waals surface area contributed by atoms with E-state index >= 15 is 0 Å². The average molecular weight is 322 g/mol. The van der Waals surface area contributed by atoms with Crippen LogP contribution in [-0.4, -0.2) is 30.2 Å². The van der Waals surface area contributed by atoms with Gasteiger partial charge >= 0.3 is 12.0 Å². The third-order valence-corrected chi connectivity index (χ3v) is 4.89. The minimum Gasteiger partial charge on any atom is -0.481 e. The molecule has 5 heteroatoms. The summed E-state index contributed by atoms with van der Waals surface area (Å²) < 4.78 is 0. The Morgan fingerprint density at radius 1 is 0.917 bits per heavy atom. The molecule has 2 heterocycles. The summed E-state index contributed by atoms with van der Waals surface area (Å²) >= 11 is 0. The number of benzene rings is 2. The first-order valence-electron chi connectivity index (χ1n) is 8.15. The van der Waals surface area contributed by atoms with E-state index in [1.165, 1.54) is 5.56 Å². The molecule has 0 fully saturated rings. The molecule has 0 aliphatic carbocycles. The van der Waals surface area contributed by atoms with Gasteiger partial charge in [-0.15, -0.1) is 0 Å². The lowest BCUT2D eigenvalue weighted by Crippen LogP contribution is -2.46. The van der Waals surface area contributed by atoms with Crippen LogP contribution in [0.1, 0.15) is 23.5 Å². The number of para-hydroxylation sites is 2. The number of carboxylic acids is 1. The van der Waals surface area contributed by atoms with E-state index in [9.17, 15) is 14.7 Å². The highest BCUT2D eigenvalue weighted by Gasteiger charge is 2.35. The van der Waals surface area contributed by atoms with E-state index in [4.69, 9.17) is 0 Å². The predicted molar refractivity (Wildman–Crippen MR) is 91.7 cm³/mol. The molecule has 2 amide bonds. The Morgan fingerprint density at radius 3 is 2.38 bits per heavy atom. The molecular formula is C19H18N2O3. The summed E-state index contributed by atoms with van der Waals surface area (Å²) in [5.74, 6) is -1.38. The van der Waals surface area contributed by atoms with Crippen molar-refractivity contribution in [1.29, 1.82) is 0 Å². The zero-order valence-electron chi connectivity index (χ0n) is 13.2. The maximum absolute atomic E-state index is 13.1. The van der Waals surface area contributed by atoms with Crippen LogP contribution in [0.4, 0.5) is 16.2 Å². The summed E-state index contributed by atoms with van der Waals surface area (Å²) in [6.07, 6.45) is 1.29. The third-order valence-electron chi connectivity index (χ3n) is 4.89. The fraction of sp³-hybridized carbons (Fsp3) is 0.263. The largest absolute Gasteiger partial charge is 0.481 e. The molecule has 2 aromatic rings. The molecule has 1 unspecified atom stereocenters. The van der Waals surface area contributed by atoms with Crippen LogP contribution in [0.25, 0.3) is 0 Å². The Hall–Kier alpha value is -2.82. The van der Waals surface area contributed by atoms with Gasteiger partial charge in [-0.25, -0.2) is 4.79 Å². The molecule has 0 saturated heterocycles. The zero-order chi connectivity index (χ0) is 16.7. The van der Waals surface area contributed by atoms with E-state index in [0.717, 1.165) is 17.7 Å². The first kappa shape index (κ1) is 14.8. The highest BCUT2D eigenvalue weighted by molar-refractivity contribution is 6.06. The Balaban J connectivity index is 1.69. The normalized spacial score (nSPS) is 18.9. The van der Waals surface area contributed by atoms with Gasteiger partial charge in [0.1, 0.15) is 0 Å². The van der Waals surface area contributed by atoms with E-state index in [1.54, 1.807) is 9.80 Å². The molecule has 2 aliphatic heterocycles. The zero-order valence-corrected chi connectivity index (χ0v) is 13.2. The number of amides is 2. The standard InChI is InChI=1S/C19H18N2O3/c22-18(23)15-10-12-21(17-8-4-2-6-14(15)17)19(24)20-11-9-13-5-1-3-7-16(13)20/h1-8,15H,9-12H2,(H,22,23). The van der Waals surface area contributed by atoms with E-state index in [-0.39, 0.29) is 6.03 Å². The van der Waals surface area contributed by atoms with E-state index < -0.39 is 11.9 Å². The van der Waals surface area contributed by atoms with Gasteiger partial charge in [0.2, 0.25) is 0 Å². The van der Waals surface area contributed by atoms with Gasteiger partial charge in [0.05, 0.1) is 5.92 Å². The van der Waals surface area contributed by atoms with Gasteiger partial charge in [-0.2, -0.15) is 0 Å². The number of rotatable bonds is 1. The SMILES string of the molecule is O=C(O)C1CCN(C(=O)N2CCc3ccccc32)c2ccccc21. The summed E-state index contributed by atoms with van der Waals surface area (Å²) in [6, 6.07) is 15.2. The van der Waals surface area contributed by atoms with Gasteiger partial charge in [0.15, 0.2) is 0 Å². The maximum Gasteiger partial charge on any atom is 0.328 e. The molecule has 0 spiro atoms. The molecular weight excluding hydrogens is 304 g/mol. The van der Waals surface area contributed by atoms with Crippen LogP contribution in [0, 0.1) is 0 Å². The van der Waals surface area contributed by atoms with Crippen molar-refractivity contribution >= 4 is 23.4 Å². The number of carbonyl (C=O) groups excluding carboxylic acids is 1. The third kappa shape index (κ3) is 2.24. The van der Waals surface area contributed by atoms with Crippen LogP contribution in [0.2, 0.25) is 0 Å². The monoisotopic (exact) mass is 322 g/mol. The molecule has 0 aromatic heterocycles. The van der Waals surface area contributed by atoms with Crippen molar-refractivity contribution in [2.45, 2.75) is 18.8 Å². The number of carboxylic acid groups (broad SMARTS) is 1. The quantitative estimate of drug-likeness (QED) is 0.877. The fourth-order valence-corrected chi connectivity index (χ4v) is 3.70. The number of fused-ring (bicyclic) bond motifs is 2. The number of carbonyl (C=O) groups is 2. The van der Waals surface area contributed by atoms with E-state index in [2.05, 4.69) is 0 Å². The van der Waals surface area contributed by atoms with E-state index in [1.807, 2.05) is 48.5 Å². The summed E-state index contributed by atoms with van der Waals surface area (Å²) in [4.78, 5) is 28.1. The Kier molecular flexibility index (Phi) is 3.49. The number of hydrogen-bond acceptors (Lipinski definition) is 2.